The van der Waals surface area contributed by atoms with Gasteiger partial charge in [-0.25, -0.2) is 0 Å². The predicted molar refractivity (Wildman–Crippen MR) is 111 cm³/mol. The zero-order valence-corrected chi connectivity index (χ0v) is 17.0. The second-order valence-electron chi connectivity index (χ2n) is 7.72. The second-order valence-corrected chi connectivity index (χ2v) is 7.72. The van der Waals surface area contributed by atoms with E-state index in [-0.39, 0.29) is 11.3 Å². The molecule has 1 atom stereocenters. The number of amides is 1. The van der Waals surface area contributed by atoms with E-state index in [2.05, 4.69) is 33.0 Å². The van der Waals surface area contributed by atoms with Crippen molar-refractivity contribution in [3.8, 4) is 11.5 Å². The first kappa shape index (κ1) is 20.8. The lowest BCUT2D eigenvalue weighted by molar-refractivity contribution is -0.122. The summed E-state index contributed by atoms with van der Waals surface area (Å²) >= 11 is 0. The van der Waals surface area contributed by atoms with Crippen molar-refractivity contribution in [3.63, 3.8) is 0 Å². The molecular formula is C23H31NO3. The average molecular weight is 370 g/mol. The summed E-state index contributed by atoms with van der Waals surface area (Å²) in [6.07, 6.45) is 1.53. The van der Waals surface area contributed by atoms with Gasteiger partial charge < -0.3 is 14.8 Å². The number of nitrogens with one attached hydrogen (secondary N) is 1. The average Bonchev–Trinajstić information content (AvgIpc) is 2.63. The number of ether oxygens (including phenoxy) is 2. The van der Waals surface area contributed by atoms with Crippen LogP contribution in [-0.4, -0.2) is 18.6 Å². The number of para-hydroxylation sites is 1. The number of unbranched alkanes of at least 4 members (excludes halogenated alkanes) is 1. The highest BCUT2D eigenvalue weighted by Crippen LogP contribution is 2.31. The molecule has 1 N–H and O–H groups in total. The van der Waals surface area contributed by atoms with Crippen molar-refractivity contribution in [2.24, 2.45) is 0 Å². The van der Waals surface area contributed by atoms with Crippen LogP contribution in [0.25, 0.3) is 0 Å². The Kier molecular flexibility index (Phi) is 7.28. The van der Waals surface area contributed by atoms with Crippen LogP contribution >= 0.6 is 0 Å². The SMILES string of the molecule is CCCCOc1ccc(NC(=O)C(C)Oc2ccccc2C(C)(C)C)cc1. The fourth-order valence-electron chi connectivity index (χ4n) is 2.65. The fourth-order valence-corrected chi connectivity index (χ4v) is 2.65. The van der Waals surface area contributed by atoms with Gasteiger partial charge in [-0.3, -0.25) is 4.79 Å². The van der Waals surface area contributed by atoms with Gasteiger partial charge in [-0.15, -0.1) is 0 Å². The molecule has 0 bridgehead atoms. The van der Waals surface area contributed by atoms with Crippen LogP contribution < -0.4 is 14.8 Å². The van der Waals surface area contributed by atoms with Gasteiger partial charge in [0.05, 0.1) is 6.61 Å². The lowest BCUT2D eigenvalue weighted by Gasteiger charge is -2.24. The lowest BCUT2D eigenvalue weighted by Crippen LogP contribution is -2.31. The molecule has 2 rings (SSSR count). The van der Waals surface area contributed by atoms with Crippen LogP contribution in [0.1, 0.15) is 53.0 Å². The van der Waals surface area contributed by atoms with Gasteiger partial charge in [-0.05, 0) is 54.7 Å². The molecule has 0 aliphatic heterocycles. The molecule has 4 nitrogen and oxygen atoms in total. The molecule has 0 saturated heterocycles. The maximum Gasteiger partial charge on any atom is 0.265 e. The normalized spacial score (nSPS) is 12.3. The smallest absolute Gasteiger partial charge is 0.265 e. The third kappa shape index (κ3) is 6.31. The molecule has 2 aromatic rings. The zero-order chi connectivity index (χ0) is 19.9. The van der Waals surface area contributed by atoms with E-state index >= 15 is 0 Å². The maximum absolute atomic E-state index is 12.5. The summed E-state index contributed by atoms with van der Waals surface area (Å²) in [7, 11) is 0. The Bertz CT molecular complexity index is 732. The summed E-state index contributed by atoms with van der Waals surface area (Å²) in [4.78, 5) is 12.5. The van der Waals surface area contributed by atoms with E-state index < -0.39 is 6.10 Å². The molecule has 0 aliphatic carbocycles. The van der Waals surface area contributed by atoms with E-state index in [4.69, 9.17) is 9.47 Å². The van der Waals surface area contributed by atoms with Crippen LogP contribution in [0.2, 0.25) is 0 Å². The van der Waals surface area contributed by atoms with E-state index in [1.807, 2.05) is 48.5 Å². The minimum Gasteiger partial charge on any atom is -0.494 e. The van der Waals surface area contributed by atoms with Gasteiger partial charge in [0, 0.05) is 5.69 Å². The molecule has 27 heavy (non-hydrogen) atoms. The molecule has 0 aromatic heterocycles. The van der Waals surface area contributed by atoms with Gasteiger partial charge in [-0.1, -0.05) is 52.3 Å². The highest BCUT2D eigenvalue weighted by Gasteiger charge is 2.22. The quantitative estimate of drug-likeness (QED) is 0.619. The van der Waals surface area contributed by atoms with Crippen LogP contribution in [0.3, 0.4) is 0 Å². The number of carbonyl (C=O) groups excluding carboxylic acids is 1. The molecule has 0 aliphatic rings. The molecule has 1 unspecified atom stereocenters. The van der Waals surface area contributed by atoms with Crippen LogP contribution in [0.4, 0.5) is 5.69 Å². The van der Waals surface area contributed by atoms with Crippen molar-refractivity contribution in [1.82, 2.24) is 0 Å². The standard InChI is InChI=1S/C23H31NO3/c1-6-7-16-26-19-14-12-18(13-15-19)24-22(25)17(2)27-21-11-9-8-10-20(21)23(3,4)5/h8-15,17H,6-7,16H2,1-5H3,(H,24,25). The summed E-state index contributed by atoms with van der Waals surface area (Å²) in [5.41, 5.74) is 1.75. The molecule has 0 heterocycles. The van der Waals surface area contributed by atoms with Crippen molar-refractivity contribution in [2.75, 3.05) is 11.9 Å². The minimum atomic E-state index is -0.603. The first-order valence-electron chi connectivity index (χ1n) is 9.61. The topological polar surface area (TPSA) is 47.6 Å². The monoisotopic (exact) mass is 369 g/mol. The van der Waals surface area contributed by atoms with Crippen molar-refractivity contribution >= 4 is 11.6 Å². The van der Waals surface area contributed by atoms with E-state index in [0.717, 1.165) is 35.6 Å². The molecule has 0 fully saturated rings. The van der Waals surface area contributed by atoms with Gasteiger partial charge in [0.15, 0.2) is 6.10 Å². The van der Waals surface area contributed by atoms with Gasteiger partial charge in [0.2, 0.25) is 0 Å². The van der Waals surface area contributed by atoms with Crippen LogP contribution in [0, 0.1) is 0 Å². The molecule has 1 amide bonds. The molecule has 2 aromatic carbocycles. The Hall–Kier alpha value is -2.49. The number of carbonyl (C=O) groups is 1. The van der Waals surface area contributed by atoms with Crippen molar-refractivity contribution in [3.05, 3.63) is 54.1 Å². The number of hydrogen-bond donors (Lipinski definition) is 1. The first-order chi connectivity index (χ1) is 12.8. The second kappa shape index (κ2) is 9.45. The van der Waals surface area contributed by atoms with Crippen molar-refractivity contribution < 1.29 is 14.3 Å². The number of benzene rings is 2. The molecule has 146 valence electrons. The Morgan fingerprint density at radius 1 is 1.07 bits per heavy atom. The Labute approximate surface area is 162 Å². The van der Waals surface area contributed by atoms with E-state index in [9.17, 15) is 4.79 Å². The summed E-state index contributed by atoms with van der Waals surface area (Å²) < 4.78 is 11.6. The third-order valence-electron chi connectivity index (χ3n) is 4.26. The largest absolute Gasteiger partial charge is 0.494 e. The highest BCUT2D eigenvalue weighted by molar-refractivity contribution is 5.94. The lowest BCUT2D eigenvalue weighted by atomic mass is 9.86. The fraction of sp³-hybridized carbons (Fsp3) is 0.435. The molecule has 0 radical (unpaired) electrons. The van der Waals surface area contributed by atoms with E-state index in [1.54, 1.807) is 6.92 Å². The first-order valence-corrected chi connectivity index (χ1v) is 9.61. The summed E-state index contributed by atoms with van der Waals surface area (Å²) in [5, 5.41) is 2.90. The Morgan fingerprint density at radius 2 is 1.74 bits per heavy atom. The van der Waals surface area contributed by atoms with Gasteiger partial charge in [0.25, 0.3) is 5.91 Å². The molecular weight excluding hydrogens is 338 g/mol. The predicted octanol–water partition coefficient (Wildman–Crippen LogP) is 5.57. The van der Waals surface area contributed by atoms with E-state index in [0.29, 0.717) is 6.61 Å². The molecule has 0 spiro atoms. The Balaban J connectivity index is 1.96. The summed E-state index contributed by atoms with van der Waals surface area (Å²) in [5.74, 6) is 1.37. The van der Waals surface area contributed by atoms with Gasteiger partial charge in [-0.2, -0.15) is 0 Å². The minimum absolute atomic E-state index is 0.0552. The van der Waals surface area contributed by atoms with Crippen LogP contribution in [0.5, 0.6) is 11.5 Å². The van der Waals surface area contributed by atoms with Crippen molar-refractivity contribution in [2.45, 2.75) is 59.0 Å². The van der Waals surface area contributed by atoms with Crippen LogP contribution in [-0.2, 0) is 10.2 Å². The third-order valence-corrected chi connectivity index (χ3v) is 4.26. The number of hydrogen-bond acceptors (Lipinski definition) is 3. The van der Waals surface area contributed by atoms with Crippen LogP contribution in [0.15, 0.2) is 48.5 Å². The van der Waals surface area contributed by atoms with E-state index in [1.165, 1.54) is 0 Å². The molecule has 0 saturated carbocycles. The summed E-state index contributed by atoms with van der Waals surface area (Å²) in [6.45, 7) is 11.0. The number of anilines is 1. The highest BCUT2D eigenvalue weighted by atomic mass is 16.5. The van der Waals surface area contributed by atoms with Gasteiger partial charge in [0.1, 0.15) is 11.5 Å². The zero-order valence-electron chi connectivity index (χ0n) is 17.0. The maximum atomic E-state index is 12.5. The summed E-state index contributed by atoms with van der Waals surface area (Å²) in [6, 6.07) is 15.3. The van der Waals surface area contributed by atoms with Gasteiger partial charge >= 0.3 is 0 Å². The Morgan fingerprint density at radius 3 is 2.37 bits per heavy atom. The molecule has 4 heteroatoms. The van der Waals surface area contributed by atoms with Crippen molar-refractivity contribution in [1.29, 1.82) is 0 Å². The number of rotatable bonds is 8.